The van der Waals surface area contributed by atoms with Crippen LogP contribution in [0.25, 0.3) is 16.9 Å². The number of carbonyl (C=O) groups excluding carboxylic acids is 2. The molecule has 2 heterocycles. The summed E-state index contributed by atoms with van der Waals surface area (Å²) in [5.74, 6) is -0.574. The molecular formula is C24H26N4O4S. The van der Waals surface area contributed by atoms with Crippen LogP contribution in [0.3, 0.4) is 0 Å². The monoisotopic (exact) mass is 466 g/mol. The van der Waals surface area contributed by atoms with Crippen LogP contribution >= 0.6 is 0 Å². The van der Waals surface area contributed by atoms with Gasteiger partial charge in [0.15, 0.2) is 15.7 Å². The van der Waals surface area contributed by atoms with Gasteiger partial charge in [-0.15, -0.1) is 5.10 Å². The number of anilines is 1. The molecule has 0 aliphatic carbocycles. The fourth-order valence-electron chi connectivity index (χ4n) is 3.61. The van der Waals surface area contributed by atoms with Gasteiger partial charge < -0.3 is 10.6 Å². The van der Waals surface area contributed by atoms with Gasteiger partial charge in [-0.25, -0.2) is 13.1 Å². The lowest BCUT2D eigenvalue weighted by molar-refractivity contribution is -0.123. The van der Waals surface area contributed by atoms with E-state index in [2.05, 4.69) is 15.7 Å². The molecule has 33 heavy (non-hydrogen) atoms. The first-order valence-electron chi connectivity index (χ1n) is 10.6. The average Bonchev–Trinajstić information content (AvgIpc) is 3.40. The second kappa shape index (κ2) is 8.47. The second-order valence-corrected chi connectivity index (χ2v) is 11.7. The van der Waals surface area contributed by atoms with E-state index >= 15 is 0 Å². The van der Waals surface area contributed by atoms with Crippen LogP contribution in [-0.2, 0) is 19.4 Å². The van der Waals surface area contributed by atoms with Gasteiger partial charge >= 0.3 is 0 Å². The summed E-state index contributed by atoms with van der Waals surface area (Å²) in [6.07, 6.45) is 0.144. The summed E-state index contributed by atoms with van der Waals surface area (Å²) in [5, 5.41) is 10.0. The molecule has 1 atom stereocenters. The number of hydrogen-bond donors (Lipinski definition) is 2. The van der Waals surface area contributed by atoms with Gasteiger partial charge in [0.2, 0.25) is 11.8 Å². The molecule has 1 aliphatic heterocycles. The molecule has 3 aromatic rings. The summed E-state index contributed by atoms with van der Waals surface area (Å²) in [7, 11) is -3.55. The summed E-state index contributed by atoms with van der Waals surface area (Å²) in [6.45, 7) is 5.29. The van der Waals surface area contributed by atoms with Crippen LogP contribution in [0.15, 0.2) is 65.6 Å². The smallest absolute Gasteiger partial charge is 0.230 e. The maximum Gasteiger partial charge on any atom is 0.230 e. The van der Waals surface area contributed by atoms with Crippen molar-refractivity contribution in [1.82, 2.24) is 15.1 Å². The number of nitrogens with zero attached hydrogens (tertiary/aromatic N) is 2. The van der Waals surface area contributed by atoms with Crippen molar-refractivity contribution < 1.29 is 18.0 Å². The van der Waals surface area contributed by atoms with Crippen molar-refractivity contribution in [1.29, 1.82) is 0 Å². The van der Waals surface area contributed by atoms with E-state index in [1.54, 1.807) is 49.7 Å². The lowest BCUT2D eigenvalue weighted by Gasteiger charge is -2.19. The first-order chi connectivity index (χ1) is 15.6. The topological polar surface area (TPSA) is 110 Å². The minimum atomic E-state index is -3.55. The Labute approximate surface area is 192 Å². The summed E-state index contributed by atoms with van der Waals surface area (Å²) < 4.78 is 26.7. The van der Waals surface area contributed by atoms with Gasteiger partial charge in [-0.1, -0.05) is 30.3 Å². The summed E-state index contributed by atoms with van der Waals surface area (Å²) in [4.78, 5) is 24.3. The Morgan fingerprint density at radius 3 is 2.45 bits per heavy atom. The largest absolute Gasteiger partial charge is 0.355 e. The number of aromatic nitrogens is 2. The number of rotatable bonds is 5. The third kappa shape index (κ3) is 4.54. The van der Waals surface area contributed by atoms with Gasteiger partial charge in [-0.2, -0.15) is 0 Å². The maximum atomic E-state index is 13.0. The van der Waals surface area contributed by atoms with Gasteiger partial charge in [-0.3, -0.25) is 9.59 Å². The molecule has 2 amide bonds. The minimum absolute atomic E-state index is 0.144. The zero-order chi connectivity index (χ0) is 23.8. The van der Waals surface area contributed by atoms with E-state index < -0.39 is 20.5 Å². The van der Waals surface area contributed by atoms with Gasteiger partial charge in [-0.05, 0) is 45.0 Å². The van der Waals surface area contributed by atoms with Crippen molar-refractivity contribution in [3.63, 3.8) is 0 Å². The summed E-state index contributed by atoms with van der Waals surface area (Å²) >= 11 is 0. The summed E-state index contributed by atoms with van der Waals surface area (Å²) in [5.41, 5.74) is 2.03. The van der Waals surface area contributed by atoms with Crippen LogP contribution in [0.5, 0.6) is 0 Å². The molecular weight excluding hydrogens is 440 g/mol. The van der Waals surface area contributed by atoms with Crippen molar-refractivity contribution in [2.75, 3.05) is 11.9 Å². The quantitative estimate of drug-likeness (QED) is 0.600. The third-order valence-corrected chi connectivity index (χ3v) is 8.04. The third-order valence-electron chi connectivity index (χ3n) is 5.56. The number of sulfone groups is 1. The molecule has 0 saturated carbocycles. The van der Waals surface area contributed by atoms with Gasteiger partial charge in [0, 0.05) is 24.6 Å². The van der Waals surface area contributed by atoms with Crippen LogP contribution in [0.4, 0.5) is 5.82 Å². The highest BCUT2D eigenvalue weighted by Gasteiger charge is 2.31. The molecule has 0 spiro atoms. The second-order valence-electron chi connectivity index (χ2n) is 9.00. The van der Waals surface area contributed by atoms with E-state index in [0.717, 1.165) is 5.69 Å². The zero-order valence-electron chi connectivity index (χ0n) is 18.7. The lowest BCUT2D eigenvalue weighted by Crippen LogP contribution is -2.27. The molecule has 0 bridgehead atoms. The average molecular weight is 467 g/mol. The highest BCUT2D eigenvalue weighted by Crippen LogP contribution is 2.31. The Kier molecular flexibility index (Phi) is 5.84. The number of nitrogens with one attached hydrogen (secondary N) is 2. The number of benzene rings is 2. The molecule has 0 radical (unpaired) electrons. The Balaban J connectivity index is 1.76. The molecule has 1 saturated heterocycles. The highest BCUT2D eigenvalue weighted by molar-refractivity contribution is 7.92. The van der Waals surface area contributed by atoms with Crippen molar-refractivity contribution in [2.45, 2.75) is 36.8 Å². The number of amides is 2. The fraction of sp³-hybridized carbons (Fsp3) is 0.292. The van der Waals surface area contributed by atoms with Crippen LogP contribution < -0.4 is 10.6 Å². The van der Waals surface area contributed by atoms with Gasteiger partial charge in [0.05, 0.1) is 26.9 Å². The first-order valence-corrected chi connectivity index (χ1v) is 12.1. The number of hydrogen-bond acceptors (Lipinski definition) is 5. The van der Waals surface area contributed by atoms with E-state index in [4.69, 9.17) is 0 Å². The Morgan fingerprint density at radius 2 is 1.82 bits per heavy atom. The zero-order valence-corrected chi connectivity index (χ0v) is 19.5. The Morgan fingerprint density at radius 1 is 1.09 bits per heavy atom. The molecule has 1 aliphatic rings. The number of carbonyl (C=O) groups is 2. The normalized spacial score (nSPS) is 16.5. The highest BCUT2D eigenvalue weighted by atomic mass is 32.2. The lowest BCUT2D eigenvalue weighted by atomic mass is 10.1. The van der Waals surface area contributed by atoms with Crippen LogP contribution in [0.2, 0.25) is 0 Å². The van der Waals surface area contributed by atoms with E-state index in [0.29, 0.717) is 23.6 Å². The van der Waals surface area contributed by atoms with E-state index in [9.17, 15) is 18.0 Å². The first kappa shape index (κ1) is 22.7. The molecule has 2 aromatic carbocycles. The van der Waals surface area contributed by atoms with Crippen molar-refractivity contribution >= 4 is 27.5 Å². The molecule has 4 rings (SSSR count). The van der Waals surface area contributed by atoms with Gasteiger partial charge in [0.25, 0.3) is 0 Å². The molecule has 1 fully saturated rings. The Hall–Kier alpha value is -3.46. The van der Waals surface area contributed by atoms with Crippen molar-refractivity contribution in [3.8, 4) is 16.9 Å². The minimum Gasteiger partial charge on any atom is -0.355 e. The SMILES string of the molecule is CC(C)(C)S(=O)(=O)c1cccc(-c2cc(NC(=O)[C@@H]3CNC(=O)C3)nn2-c2ccccc2)c1. The van der Waals surface area contributed by atoms with E-state index in [-0.39, 0.29) is 23.1 Å². The van der Waals surface area contributed by atoms with E-state index in [1.165, 1.54) is 0 Å². The molecule has 1 aromatic heterocycles. The van der Waals surface area contributed by atoms with Gasteiger partial charge in [0.1, 0.15) is 0 Å². The predicted octanol–water partition coefficient (Wildman–Crippen LogP) is 3.19. The Bertz CT molecular complexity index is 1310. The molecule has 8 nitrogen and oxygen atoms in total. The van der Waals surface area contributed by atoms with E-state index in [1.807, 2.05) is 36.4 Å². The van der Waals surface area contributed by atoms with Crippen LogP contribution in [-0.4, -0.2) is 41.3 Å². The molecule has 172 valence electrons. The number of para-hydroxylation sites is 1. The van der Waals surface area contributed by atoms with Crippen molar-refractivity contribution in [2.24, 2.45) is 5.92 Å². The molecule has 0 unspecified atom stereocenters. The van der Waals surface area contributed by atoms with Crippen molar-refractivity contribution in [3.05, 3.63) is 60.7 Å². The van der Waals surface area contributed by atoms with Crippen LogP contribution in [0.1, 0.15) is 27.2 Å². The molecule has 2 N–H and O–H groups in total. The maximum absolute atomic E-state index is 13.0. The van der Waals surface area contributed by atoms with Crippen LogP contribution in [0, 0.1) is 5.92 Å². The molecule has 9 heteroatoms. The fourth-order valence-corrected chi connectivity index (χ4v) is 4.86. The summed E-state index contributed by atoms with van der Waals surface area (Å²) in [6, 6.07) is 17.8. The standard InChI is InChI=1S/C24H26N4O4S/c1-24(2,3)33(31,32)19-11-7-8-16(12-19)20-14-21(26-23(30)17-13-22(29)25-15-17)27-28(20)18-9-5-4-6-10-18/h4-12,14,17H,13,15H2,1-3H3,(H,25,29)(H,26,27,30)/t17-/m0/s1. The predicted molar refractivity (Wildman–Crippen MR) is 126 cm³/mol.